The van der Waals surface area contributed by atoms with E-state index < -0.39 is 21.4 Å². The average Bonchev–Trinajstić information content (AvgIpc) is 3.54. The van der Waals surface area contributed by atoms with Crippen LogP contribution in [0.4, 0.5) is 8.78 Å². The van der Waals surface area contributed by atoms with Crippen molar-refractivity contribution in [2.45, 2.75) is 74.7 Å². The minimum Gasteiger partial charge on any atom is -0.389 e. The summed E-state index contributed by atoms with van der Waals surface area (Å²) in [6.07, 6.45) is 8.00. The summed E-state index contributed by atoms with van der Waals surface area (Å²) in [5.41, 5.74) is 4.37. The number of aromatic nitrogens is 2. The van der Waals surface area contributed by atoms with Gasteiger partial charge in [0.2, 0.25) is 10.0 Å². The highest BCUT2D eigenvalue weighted by Gasteiger charge is 2.42. The molecule has 0 aliphatic heterocycles. The molecule has 0 spiro atoms. The summed E-state index contributed by atoms with van der Waals surface area (Å²) in [5, 5.41) is 16.0. The minimum absolute atomic E-state index is 0.0368. The summed E-state index contributed by atoms with van der Waals surface area (Å²) in [5.74, 6) is -1.08. The Morgan fingerprint density at radius 3 is 2.52 bits per heavy atom. The number of sulfonamides is 1. The zero-order chi connectivity index (χ0) is 28.1. The Bertz CT molecular complexity index is 1540. The van der Waals surface area contributed by atoms with Crippen LogP contribution in [0.1, 0.15) is 69.0 Å². The smallest absolute Gasteiger partial charge is 0.246 e. The quantitative estimate of drug-likeness (QED) is 0.361. The predicted molar refractivity (Wildman–Crippen MR) is 149 cm³/mol. The molecule has 0 bridgehead atoms. The molecule has 1 fully saturated rings. The predicted octanol–water partition coefficient (Wildman–Crippen LogP) is 5.90. The van der Waals surface area contributed by atoms with Crippen LogP contribution in [-0.4, -0.2) is 46.3 Å². The molecule has 2 atom stereocenters. The average molecular weight is 568 g/mol. The van der Waals surface area contributed by atoms with Crippen molar-refractivity contribution in [1.29, 1.82) is 0 Å². The number of aliphatic hydroxyl groups is 1. The van der Waals surface area contributed by atoms with Crippen molar-refractivity contribution >= 4 is 10.0 Å². The first-order valence-electron chi connectivity index (χ1n) is 14.2. The molecule has 212 valence electrons. The van der Waals surface area contributed by atoms with Gasteiger partial charge in [-0.05, 0) is 68.0 Å². The van der Waals surface area contributed by atoms with Crippen LogP contribution in [0.15, 0.2) is 70.8 Å². The third kappa shape index (κ3) is 4.92. The first-order valence-corrected chi connectivity index (χ1v) is 15.6. The van der Waals surface area contributed by atoms with Gasteiger partial charge in [-0.25, -0.2) is 21.9 Å². The van der Waals surface area contributed by atoms with E-state index in [9.17, 15) is 22.3 Å². The third-order valence-corrected chi connectivity index (χ3v) is 10.9. The van der Waals surface area contributed by atoms with Crippen molar-refractivity contribution in [3.63, 3.8) is 0 Å². The lowest BCUT2D eigenvalue weighted by atomic mass is 9.80. The van der Waals surface area contributed by atoms with Crippen molar-refractivity contribution in [3.05, 3.63) is 88.8 Å². The number of halogens is 2. The zero-order valence-corrected chi connectivity index (χ0v) is 23.5. The minimum atomic E-state index is -4.18. The SMILES string of the molecule is C[C@@H]1C2=C(CC[C@@H]2CN(CC2(O)CCCCC2)S(=O)(=O)c2ccccc2F)Cc2c1cnn2-c1ccc(F)cc1. The van der Waals surface area contributed by atoms with Crippen LogP contribution in [0.2, 0.25) is 0 Å². The first kappa shape index (κ1) is 27.3. The van der Waals surface area contributed by atoms with E-state index in [4.69, 9.17) is 0 Å². The summed E-state index contributed by atoms with van der Waals surface area (Å²) < 4.78 is 59.3. The second-order valence-corrected chi connectivity index (χ2v) is 13.5. The molecule has 1 heterocycles. The Labute approximate surface area is 234 Å². The summed E-state index contributed by atoms with van der Waals surface area (Å²) in [6, 6.07) is 11.8. The van der Waals surface area contributed by atoms with Crippen LogP contribution < -0.4 is 0 Å². The Morgan fingerprint density at radius 2 is 1.80 bits per heavy atom. The van der Waals surface area contributed by atoms with Gasteiger partial charge >= 0.3 is 0 Å². The maximum Gasteiger partial charge on any atom is 0.246 e. The molecule has 0 amide bonds. The fraction of sp³-hybridized carbons (Fsp3) is 0.452. The number of nitrogens with zero attached hydrogens (tertiary/aromatic N) is 3. The Morgan fingerprint density at radius 1 is 1.07 bits per heavy atom. The van der Waals surface area contributed by atoms with Gasteiger partial charge in [0.1, 0.15) is 16.5 Å². The highest BCUT2D eigenvalue weighted by Crippen LogP contribution is 2.48. The second-order valence-electron chi connectivity index (χ2n) is 11.6. The molecular weight excluding hydrogens is 532 g/mol. The fourth-order valence-electron chi connectivity index (χ4n) is 7.06. The van der Waals surface area contributed by atoms with Crippen molar-refractivity contribution in [2.75, 3.05) is 13.1 Å². The van der Waals surface area contributed by atoms with Gasteiger partial charge in [-0.3, -0.25) is 0 Å². The summed E-state index contributed by atoms with van der Waals surface area (Å²) >= 11 is 0. The number of hydrogen-bond acceptors (Lipinski definition) is 4. The van der Waals surface area contributed by atoms with Crippen molar-refractivity contribution in [1.82, 2.24) is 14.1 Å². The van der Waals surface area contributed by atoms with Crippen molar-refractivity contribution in [2.24, 2.45) is 5.92 Å². The van der Waals surface area contributed by atoms with Gasteiger partial charge in [0.25, 0.3) is 0 Å². The lowest BCUT2D eigenvalue weighted by molar-refractivity contribution is -0.0118. The third-order valence-electron chi connectivity index (χ3n) is 9.06. The molecule has 6 nitrogen and oxygen atoms in total. The first-order chi connectivity index (χ1) is 19.2. The van der Waals surface area contributed by atoms with Crippen molar-refractivity contribution in [3.8, 4) is 5.69 Å². The molecule has 0 radical (unpaired) electrons. The standard InChI is InChI=1S/C31H35F2N3O3S/c1-21-26-18-34-36(25-13-11-24(32)12-14-25)28(26)17-22-9-10-23(30(21)22)19-35(20-31(37)15-5-2-6-16-31)40(38,39)29-8-4-3-7-27(29)33/h3-4,7-8,11-14,18,21,23,37H,2,5-6,9-10,15-17,19-20H2,1H3/t21-,23+/m0/s1. The molecule has 3 aliphatic carbocycles. The van der Waals surface area contributed by atoms with Gasteiger partial charge in [-0.2, -0.15) is 9.40 Å². The molecule has 1 N–H and O–H groups in total. The number of benzene rings is 2. The van der Waals surface area contributed by atoms with Gasteiger partial charge in [-0.15, -0.1) is 0 Å². The number of allylic oxidation sites excluding steroid dienone is 1. The molecule has 40 heavy (non-hydrogen) atoms. The van der Waals surface area contributed by atoms with E-state index in [0.717, 1.165) is 49.0 Å². The van der Waals surface area contributed by atoms with Gasteiger partial charge in [0.15, 0.2) is 0 Å². The van der Waals surface area contributed by atoms with E-state index in [-0.39, 0.29) is 35.6 Å². The van der Waals surface area contributed by atoms with Crippen LogP contribution in [-0.2, 0) is 16.4 Å². The molecule has 0 saturated heterocycles. The molecule has 0 unspecified atom stereocenters. The summed E-state index contributed by atoms with van der Waals surface area (Å²) in [6.45, 7) is 2.29. The molecule has 1 saturated carbocycles. The Hall–Kier alpha value is -2.88. The molecule has 6 rings (SSSR count). The Balaban J connectivity index is 1.31. The second kappa shape index (κ2) is 10.5. The number of hydrogen-bond donors (Lipinski definition) is 1. The monoisotopic (exact) mass is 567 g/mol. The molecule has 2 aromatic carbocycles. The van der Waals surface area contributed by atoms with Gasteiger partial charge in [-0.1, -0.05) is 49.5 Å². The van der Waals surface area contributed by atoms with Gasteiger partial charge in [0, 0.05) is 31.0 Å². The van der Waals surface area contributed by atoms with E-state index in [2.05, 4.69) is 12.0 Å². The maximum absolute atomic E-state index is 14.8. The fourth-order valence-corrected chi connectivity index (χ4v) is 8.69. The topological polar surface area (TPSA) is 75.4 Å². The van der Waals surface area contributed by atoms with E-state index in [0.29, 0.717) is 19.3 Å². The lowest BCUT2D eigenvalue weighted by Crippen LogP contribution is -2.48. The Kier molecular flexibility index (Phi) is 7.17. The van der Waals surface area contributed by atoms with Crippen LogP contribution in [0.3, 0.4) is 0 Å². The highest BCUT2D eigenvalue weighted by molar-refractivity contribution is 7.89. The number of fused-ring (bicyclic) bond motifs is 1. The summed E-state index contributed by atoms with van der Waals surface area (Å²) in [7, 11) is -4.18. The molecule has 9 heteroatoms. The van der Waals surface area contributed by atoms with E-state index >= 15 is 0 Å². The van der Waals surface area contributed by atoms with E-state index in [1.807, 2.05) is 10.9 Å². The largest absolute Gasteiger partial charge is 0.389 e. The van der Waals surface area contributed by atoms with Crippen LogP contribution in [0, 0.1) is 17.6 Å². The van der Waals surface area contributed by atoms with Crippen LogP contribution >= 0.6 is 0 Å². The van der Waals surface area contributed by atoms with E-state index in [1.165, 1.54) is 51.8 Å². The van der Waals surface area contributed by atoms with Crippen LogP contribution in [0.5, 0.6) is 0 Å². The molecule has 3 aliphatic rings. The van der Waals surface area contributed by atoms with Crippen molar-refractivity contribution < 1.29 is 22.3 Å². The van der Waals surface area contributed by atoms with Gasteiger partial charge < -0.3 is 5.11 Å². The molecule has 1 aromatic heterocycles. The maximum atomic E-state index is 14.8. The lowest BCUT2D eigenvalue weighted by Gasteiger charge is -2.38. The summed E-state index contributed by atoms with van der Waals surface area (Å²) in [4.78, 5) is -0.346. The van der Waals surface area contributed by atoms with E-state index in [1.54, 1.807) is 12.1 Å². The zero-order valence-electron chi connectivity index (χ0n) is 22.7. The normalized spacial score (nSPS) is 22.4. The van der Waals surface area contributed by atoms with Gasteiger partial charge in [0.05, 0.1) is 23.2 Å². The highest BCUT2D eigenvalue weighted by atomic mass is 32.2. The molecular formula is C31H35F2N3O3S. The molecule has 3 aromatic rings. The van der Waals surface area contributed by atoms with Crippen LogP contribution in [0.25, 0.3) is 5.69 Å². The number of rotatable bonds is 7.